The molecule has 2 rings (SSSR count). The molecule has 0 spiro atoms. The minimum Gasteiger partial charge on any atom is -0.393 e. The molecule has 5 unspecified atom stereocenters. The second-order valence-electron chi connectivity index (χ2n) is 5.63. The van der Waals surface area contributed by atoms with E-state index in [2.05, 4.69) is 6.92 Å². The van der Waals surface area contributed by atoms with E-state index in [0.717, 1.165) is 25.7 Å². The Morgan fingerprint density at radius 3 is 2.29 bits per heavy atom. The van der Waals surface area contributed by atoms with Gasteiger partial charge in [0.1, 0.15) is 0 Å². The van der Waals surface area contributed by atoms with E-state index >= 15 is 0 Å². The summed E-state index contributed by atoms with van der Waals surface area (Å²) < 4.78 is 23.0. The Kier molecular flexibility index (Phi) is 3.80. The second kappa shape index (κ2) is 4.86. The summed E-state index contributed by atoms with van der Waals surface area (Å²) in [5.41, 5.74) is 0. The highest BCUT2D eigenvalue weighted by atomic mass is 32.2. The van der Waals surface area contributed by atoms with Crippen LogP contribution < -0.4 is 0 Å². The van der Waals surface area contributed by atoms with E-state index in [-0.39, 0.29) is 23.3 Å². The summed E-state index contributed by atoms with van der Waals surface area (Å²) in [6.07, 6.45) is 2.46. The van der Waals surface area contributed by atoms with E-state index in [4.69, 9.17) is 0 Å². The molecule has 2 N–H and O–H groups in total. The van der Waals surface area contributed by atoms with E-state index in [1.54, 1.807) is 0 Å². The average Bonchev–Trinajstić information content (AvgIpc) is 2.53. The van der Waals surface area contributed by atoms with Crippen molar-refractivity contribution in [2.45, 2.75) is 44.8 Å². The molecule has 0 aromatic carbocycles. The van der Waals surface area contributed by atoms with Crippen molar-refractivity contribution < 1.29 is 18.6 Å². The van der Waals surface area contributed by atoms with Gasteiger partial charge in [-0.2, -0.15) is 0 Å². The van der Waals surface area contributed by atoms with Crippen LogP contribution in [0.3, 0.4) is 0 Å². The van der Waals surface area contributed by atoms with Crippen molar-refractivity contribution in [3.63, 3.8) is 0 Å². The Morgan fingerprint density at radius 1 is 1.06 bits per heavy atom. The Balaban J connectivity index is 2.10. The molecule has 1 saturated heterocycles. The van der Waals surface area contributed by atoms with Crippen molar-refractivity contribution in [3.05, 3.63) is 0 Å². The van der Waals surface area contributed by atoms with E-state index in [9.17, 15) is 18.6 Å². The quantitative estimate of drug-likeness (QED) is 0.763. The molecule has 1 aliphatic carbocycles. The fourth-order valence-electron chi connectivity index (χ4n) is 3.38. The number of aliphatic hydroxyl groups is 2. The van der Waals surface area contributed by atoms with Crippen molar-refractivity contribution in [1.29, 1.82) is 0 Å². The molecule has 0 radical (unpaired) electrons. The number of rotatable bonds is 2. The third-order valence-electron chi connectivity index (χ3n) is 4.46. The topological polar surface area (TPSA) is 74.6 Å². The summed E-state index contributed by atoms with van der Waals surface area (Å²) >= 11 is 0. The van der Waals surface area contributed by atoms with E-state index in [1.165, 1.54) is 0 Å². The lowest BCUT2D eigenvalue weighted by Crippen LogP contribution is -2.39. The van der Waals surface area contributed by atoms with E-state index in [1.807, 2.05) is 0 Å². The third-order valence-corrected chi connectivity index (χ3v) is 6.21. The molecular formula is C12H22O4S. The predicted octanol–water partition coefficient (Wildman–Crippen LogP) is 0.579. The van der Waals surface area contributed by atoms with Gasteiger partial charge < -0.3 is 10.2 Å². The first-order valence-electron chi connectivity index (χ1n) is 6.49. The summed E-state index contributed by atoms with van der Waals surface area (Å²) in [6, 6.07) is 0. The van der Waals surface area contributed by atoms with Crippen LogP contribution in [-0.4, -0.2) is 42.3 Å². The van der Waals surface area contributed by atoms with Crippen molar-refractivity contribution in [2.75, 3.05) is 11.5 Å². The zero-order chi connectivity index (χ0) is 12.6. The highest BCUT2D eigenvalue weighted by molar-refractivity contribution is 7.91. The van der Waals surface area contributed by atoms with Crippen LogP contribution in [0.5, 0.6) is 0 Å². The Labute approximate surface area is 103 Å². The van der Waals surface area contributed by atoms with Crippen LogP contribution in [0, 0.1) is 17.8 Å². The maximum absolute atomic E-state index is 11.5. The van der Waals surface area contributed by atoms with E-state index < -0.39 is 22.0 Å². The molecule has 2 fully saturated rings. The van der Waals surface area contributed by atoms with Gasteiger partial charge in [-0.25, -0.2) is 8.42 Å². The fourth-order valence-corrected chi connectivity index (χ4v) is 5.34. The molecule has 17 heavy (non-hydrogen) atoms. The SMILES string of the molecule is CCC1CCC(O)C(C2CS(=O)(=O)CC2O)C1. The van der Waals surface area contributed by atoms with Crippen LogP contribution in [0.4, 0.5) is 0 Å². The molecule has 1 saturated carbocycles. The molecule has 2 aliphatic rings. The van der Waals surface area contributed by atoms with Gasteiger partial charge in [0.2, 0.25) is 0 Å². The number of hydrogen-bond acceptors (Lipinski definition) is 4. The van der Waals surface area contributed by atoms with Crippen LogP contribution in [0.15, 0.2) is 0 Å². The molecule has 1 aliphatic heterocycles. The number of aliphatic hydroxyl groups excluding tert-OH is 2. The molecule has 0 amide bonds. The highest BCUT2D eigenvalue weighted by Gasteiger charge is 2.45. The molecule has 0 aromatic heterocycles. The zero-order valence-electron chi connectivity index (χ0n) is 10.2. The Hall–Kier alpha value is -0.130. The molecular weight excluding hydrogens is 240 g/mol. The lowest BCUT2D eigenvalue weighted by Gasteiger charge is -2.37. The molecule has 0 aromatic rings. The molecule has 100 valence electrons. The standard InChI is InChI=1S/C12H22O4S/c1-2-8-3-4-11(13)9(5-8)10-6-17(15,16)7-12(10)14/h8-14H,2-7H2,1H3. The Bertz CT molecular complexity index is 365. The third kappa shape index (κ3) is 2.83. The lowest BCUT2D eigenvalue weighted by atomic mass is 9.72. The molecule has 5 heteroatoms. The van der Waals surface area contributed by atoms with Crippen molar-refractivity contribution in [3.8, 4) is 0 Å². The van der Waals surface area contributed by atoms with Crippen molar-refractivity contribution in [1.82, 2.24) is 0 Å². The normalized spacial score (nSPS) is 45.9. The second-order valence-corrected chi connectivity index (χ2v) is 7.78. The highest BCUT2D eigenvalue weighted by Crippen LogP contribution is 2.39. The van der Waals surface area contributed by atoms with Crippen LogP contribution in [0.1, 0.15) is 32.6 Å². The monoisotopic (exact) mass is 262 g/mol. The first kappa shape index (κ1) is 13.3. The van der Waals surface area contributed by atoms with Gasteiger partial charge in [0.05, 0.1) is 23.7 Å². The van der Waals surface area contributed by atoms with Gasteiger partial charge in [-0.05, 0) is 31.1 Å². The zero-order valence-corrected chi connectivity index (χ0v) is 11.1. The van der Waals surface area contributed by atoms with Gasteiger partial charge in [0.25, 0.3) is 0 Å². The molecule has 1 heterocycles. The van der Waals surface area contributed by atoms with Gasteiger partial charge in [-0.1, -0.05) is 13.3 Å². The van der Waals surface area contributed by atoms with Gasteiger partial charge in [-0.3, -0.25) is 0 Å². The predicted molar refractivity (Wildman–Crippen MR) is 65.3 cm³/mol. The first-order chi connectivity index (χ1) is 7.93. The molecule has 4 nitrogen and oxygen atoms in total. The van der Waals surface area contributed by atoms with E-state index in [0.29, 0.717) is 5.92 Å². The van der Waals surface area contributed by atoms with Crippen molar-refractivity contribution in [2.24, 2.45) is 17.8 Å². The lowest BCUT2D eigenvalue weighted by molar-refractivity contribution is -0.0105. The summed E-state index contributed by atoms with van der Waals surface area (Å²) in [5, 5.41) is 19.9. The van der Waals surface area contributed by atoms with Gasteiger partial charge in [0, 0.05) is 5.92 Å². The molecule has 5 atom stereocenters. The van der Waals surface area contributed by atoms with Crippen LogP contribution >= 0.6 is 0 Å². The maximum Gasteiger partial charge on any atom is 0.153 e. The minimum absolute atomic E-state index is 0.0408. The summed E-state index contributed by atoms with van der Waals surface area (Å²) in [4.78, 5) is 0. The first-order valence-corrected chi connectivity index (χ1v) is 8.31. The van der Waals surface area contributed by atoms with Crippen molar-refractivity contribution >= 4 is 9.84 Å². The molecule has 0 bridgehead atoms. The van der Waals surface area contributed by atoms with Crippen LogP contribution in [-0.2, 0) is 9.84 Å². The van der Waals surface area contributed by atoms with Crippen LogP contribution in [0.25, 0.3) is 0 Å². The Morgan fingerprint density at radius 2 is 1.76 bits per heavy atom. The summed E-state index contributed by atoms with van der Waals surface area (Å²) in [6.45, 7) is 2.13. The number of sulfone groups is 1. The maximum atomic E-state index is 11.5. The fraction of sp³-hybridized carbons (Fsp3) is 1.00. The summed E-state index contributed by atoms with van der Waals surface area (Å²) in [5.74, 6) is 0.188. The van der Waals surface area contributed by atoms with Gasteiger partial charge >= 0.3 is 0 Å². The minimum atomic E-state index is -3.10. The summed E-state index contributed by atoms with van der Waals surface area (Å²) in [7, 11) is -3.10. The number of hydrogen-bond donors (Lipinski definition) is 2. The van der Waals surface area contributed by atoms with Crippen LogP contribution in [0.2, 0.25) is 0 Å². The van der Waals surface area contributed by atoms with Gasteiger partial charge in [-0.15, -0.1) is 0 Å². The van der Waals surface area contributed by atoms with Gasteiger partial charge in [0.15, 0.2) is 9.84 Å². The smallest absolute Gasteiger partial charge is 0.153 e. The average molecular weight is 262 g/mol. The largest absolute Gasteiger partial charge is 0.393 e.